The molecular weight excluding hydrogens is 328 g/mol. The number of amides is 1. The number of nitrogens with one attached hydrogen (secondary N) is 1. The molecule has 26 heavy (non-hydrogen) atoms. The van der Waals surface area contributed by atoms with E-state index in [0.717, 1.165) is 33.8 Å². The summed E-state index contributed by atoms with van der Waals surface area (Å²) in [5.41, 5.74) is 4.69. The lowest BCUT2D eigenvalue weighted by Crippen LogP contribution is -2.15. The molecule has 0 radical (unpaired) electrons. The lowest BCUT2D eigenvalue weighted by atomic mass is 10.0. The zero-order valence-electron chi connectivity index (χ0n) is 16.5. The van der Waals surface area contributed by atoms with Gasteiger partial charge >= 0.3 is 0 Å². The minimum Gasteiger partial charge on any atom is -0.319 e. The topological polar surface area (TPSA) is 77.6 Å². The van der Waals surface area contributed by atoms with Gasteiger partial charge in [0, 0.05) is 18.8 Å². The quantitative estimate of drug-likeness (QED) is 0.774. The maximum atomic E-state index is 13.1. The maximum Gasteiger partial charge on any atom is 0.256 e. The average molecular weight is 354 g/mol. The maximum absolute atomic E-state index is 13.1. The number of pyridine rings is 1. The molecule has 0 atom stereocenters. The SMILES string of the molecule is Cc1nn(C)c(C)c1NC(=O)c1cc(C(C)C)nc2c1cnn2C(C)C. The Balaban J connectivity index is 2.12. The summed E-state index contributed by atoms with van der Waals surface area (Å²) in [4.78, 5) is 17.8. The molecule has 0 aliphatic rings. The highest BCUT2D eigenvalue weighted by Gasteiger charge is 2.21. The van der Waals surface area contributed by atoms with E-state index in [1.807, 2.05) is 31.6 Å². The first-order chi connectivity index (χ1) is 12.2. The van der Waals surface area contributed by atoms with Crippen molar-refractivity contribution in [3.63, 3.8) is 0 Å². The van der Waals surface area contributed by atoms with Crippen molar-refractivity contribution in [2.45, 2.75) is 53.5 Å². The highest BCUT2D eigenvalue weighted by atomic mass is 16.1. The lowest BCUT2D eigenvalue weighted by molar-refractivity contribution is 0.102. The van der Waals surface area contributed by atoms with Gasteiger partial charge in [0.2, 0.25) is 0 Å². The van der Waals surface area contributed by atoms with Crippen LogP contribution in [0.5, 0.6) is 0 Å². The number of carbonyl (C=O) groups is 1. The predicted octanol–water partition coefficient (Wildman–Crippen LogP) is 3.74. The fraction of sp³-hybridized carbons (Fsp3) is 0.474. The monoisotopic (exact) mass is 354 g/mol. The smallest absolute Gasteiger partial charge is 0.256 e. The van der Waals surface area contributed by atoms with Crippen LogP contribution in [0.3, 0.4) is 0 Å². The van der Waals surface area contributed by atoms with Gasteiger partial charge in [-0.2, -0.15) is 10.2 Å². The molecule has 0 saturated carbocycles. The minimum atomic E-state index is -0.165. The van der Waals surface area contributed by atoms with Gasteiger partial charge in [-0.15, -0.1) is 0 Å². The zero-order chi connectivity index (χ0) is 19.2. The molecule has 3 aromatic heterocycles. The number of aryl methyl sites for hydroxylation is 2. The van der Waals surface area contributed by atoms with Gasteiger partial charge in [-0.1, -0.05) is 13.8 Å². The van der Waals surface area contributed by atoms with Crippen molar-refractivity contribution in [2.75, 3.05) is 5.32 Å². The highest BCUT2D eigenvalue weighted by Crippen LogP contribution is 2.26. The molecule has 7 nitrogen and oxygen atoms in total. The van der Waals surface area contributed by atoms with Crippen LogP contribution in [-0.2, 0) is 7.05 Å². The molecule has 3 heterocycles. The Kier molecular flexibility index (Phi) is 4.56. The molecular formula is C19H26N6O. The first kappa shape index (κ1) is 18.1. The molecule has 0 aliphatic heterocycles. The van der Waals surface area contributed by atoms with Crippen molar-refractivity contribution in [1.29, 1.82) is 0 Å². The van der Waals surface area contributed by atoms with Crippen molar-refractivity contribution in [1.82, 2.24) is 24.5 Å². The Morgan fingerprint density at radius 3 is 2.42 bits per heavy atom. The van der Waals surface area contributed by atoms with Crippen LogP contribution in [0.4, 0.5) is 5.69 Å². The van der Waals surface area contributed by atoms with Crippen LogP contribution in [0, 0.1) is 13.8 Å². The van der Waals surface area contributed by atoms with Crippen LogP contribution in [0.2, 0.25) is 0 Å². The summed E-state index contributed by atoms with van der Waals surface area (Å²) in [6.45, 7) is 12.1. The molecule has 0 aromatic carbocycles. The molecule has 3 aromatic rings. The van der Waals surface area contributed by atoms with Gasteiger partial charge < -0.3 is 5.32 Å². The molecule has 3 rings (SSSR count). The van der Waals surface area contributed by atoms with Crippen molar-refractivity contribution in [2.24, 2.45) is 7.05 Å². The number of hydrogen-bond acceptors (Lipinski definition) is 4. The van der Waals surface area contributed by atoms with Crippen molar-refractivity contribution >= 4 is 22.6 Å². The number of fused-ring (bicyclic) bond motifs is 1. The first-order valence-corrected chi connectivity index (χ1v) is 8.90. The number of anilines is 1. The summed E-state index contributed by atoms with van der Waals surface area (Å²) in [7, 11) is 1.87. The van der Waals surface area contributed by atoms with Gasteiger partial charge in [0.15, 0.2) is 5.65 Å². The van der Waals surface area contributed by atoms with E-state index in [1.165, 1.54) is 0 Å². The normalized spacial score (nSPS) is 11.7. The van der Waals surface area contributed by atoms with Crippen LogP contribution < -0.4 is 5.32 Å². The Hall–Kier alpha value is -2.70. The van der Waals surface area contributed by atoms with Crippen molar-refractivity contribution in [3.8, 4) is 0 Å². The van der Waals surface area contributed by atoms with E-state index in [2.05, 4.69) is 43.2 Å². The fourth-order valence-electron chi connectivity index (χ4n) is 3.03. The summed E-state index contributed by atoms with van der Waals surface area (Å²) in [5.74, 6) is 0.0464. The summed E-state index contributed by atoms with van der Waals surface area (Å²) in [6, 6.07) is 2.04. The highest BCUT2D eigenvalue weighted by molar-refractivity contribution is 6.12. The molecule has 7 heteroatoms. The summed E-state index contributed by atoms with van der Waals surface area (Å²) >= 11 is 0. The Bertz CT molecular complexity index is 980. The standard InChI is InChI=1S/C19H26N6O/c1-10(2)16-8-14(15-9-20-25(11(3)4)18(15)21-16)19(26)22-17-12(5)23-24(7)13(17)6/h8-11H,1-7H3,(H,22,26). The van der Waals surface area contributed by atoms with Gasteiger partial charge in [-0.3, -0.25) is 9.48 Å². The van der Waals surface area contributed by atoms with Crippen LogP contribution in [-0.4, -0.2) is 30.5 Å². The molecule has 0 fully saturated rings. The third kappa shape index (κ3) is 2.98. The zero-order valence-corrected chi connectivity index (χ0v) is 16.5. The largest absolute Gasteiger partial charge is 0.319 e. The number of rotatable bonds is 4. The molecule has 0 bridgehead atoms. The van der Waals surface area contributed by atoms with E-state index in [1.54, 1.807) is 10.9 Å². The molecule has 0 saturated heterocycles. The van der Waals surface area contributed by atoms with Crippen LogP contribution >= 0.6 is 0 Å². The van der Waals surface area contributed by atoms with Gasteiger partial charge in [-0.05, 0) is 39.7 Å². The number of carbonyl (C=O) groups excluding carboxylic acids is 1. The molecule has 0 spiro atoms. The number of hydrogen-bond donors (Lipinski definition) is 1. The second-order valence-corrected chi connectivity index (χ2v) is 7.29. The van der Waals surface area contributed by atoms with Crippen molar-refractivity contribution in [3.05, 3.63) is 34.9 Å². The van der Waals surface area contributed by atoms with Gasteiger partial charge in [0.05, 0.1) is 34.2 Å². The summed E-state index contributed by atoms with van der Waals surface area (Å²) < 4.78 is 3.63. The third-order valence-corrected chi connectivity index (χ3v) is 4.66. The van der Waals surface area contributed by atoms with E-state index in [0.29, 0.717) is 5.56 Å². The molecule has 138 valence electrons. The molecule has 1 N–H and O–H groups in total. The Labute approximate surface area is 153 Å². The summed E-state index contributed by atoms with van der Waals surface area (Å²) in [5, 5.41) is 12.6. The average Bonchev–Trinajstić information content (AvgIpc) is 3.10. The molecule has 1 amide bonds. The lowest BCUT2D eigenvalue weighted by Gasteiger charge is -2.12. The number of aromatic nitrogens is 5. The second-order valence-electron chi connectivity index (χ2n) is 7.29. The van der Waals surface area contributed by atoms with Crippen molar-refractivity contribution < 1.29 is 4.79 Å². The predicted molar refractivity (Wildman–Crippen MR) is 103 cm³/mol. The number of nitrogens with zero attached hydrogens (tertiary/aromatic N) is 5. The van der Waals surface area contributed by atoms with Crippen LogP contribution in [0.15, 0.2) is 12.3 Å². The van der Waals surface area contributed by atoms with E-state index in [-0.39, 0.29) is 17.9 Å². The first-order valence-electron chi connectivity index (χ1n) is 8.90. The van der Waals surface area contributed by atoms with E-state index >= 15 is 0 Å². The Morgan fingerprint density at radius 1 is 1.19 bits per heavy atom. The fourth-order valence-corrected chi connectivity index (χ4v) is 3.03. The van der Waals surface area contributed by atoms with Gasteiger partial charge in [0.1, 0.15) is 0 Å². The Morgan fingerprint density at radius 2 is 1.88 bits per heavy atom. The van der Waals surface area contributed by atoms with Crippen LogP contribution in [0.25, 0.3) is 11.0 Å². The van der Waals surface area contributed by atoms with Gasteiger partial charge in [0.25, 0.3) is 5.91 Å². The second kappa shape index (κ2) is 6.55. The minimum absolute atomic E-state index is 0.165. The third-order valence-electron chi connectivity index (χ3n) is 4.66. The van der Waals surface area contributed by atoms with E-state index in [4.69, 9.17) is 4.98 Å². The van der Waals surface area contributed by atoms with Gasteiger partial charge in [-0.25, -0.2) is 9.67 Å². The van der Waals surface area contributed by atoms with Crippen LogP contribution in [0.1, 0.15) is 67.1 Å². The summed E-state index contributed by atoms with van der Waals surface area (Å²) in [6.07, 6.45) is 1.73. The molecule has 0 aliphatic carbocycles. The molecule has 0 unspecified atom stereocenters. The van der Waals surface area contributed by atoms with E-state index in [9.17, 15) is 4.79 Å². The van der Waals surface area contributed by atoms with E-state index < -0.39 is 0 Å².